The van der Waals surface area contributed by atoms with Gasteiger partial charge in [0.25, 0.3) is 0 Å². The first-order valence-electron chi connectivity index (χ1n) is 14.7. The van der Waals surface area contributed by atoms with E-state index in [1.165, 1.54) is 12.1 Å². The summed E-state index contributed by atoms with van der Waals surface area (Å²) in [4.78, 5) is 30.0. The number of anilines is 1. The number of aromatic hydroxyl groups is 1. The number of alkyl halides is 1. The number of amides is 1. The number of pyridine rings is 1. The lowest BCUT2D eigenvalue weighted by molar-refractivity contribution is -0.119. The van der Waals surface area contributed by atoms with Gasteiger partial charge in [-0.25, -0.2) is 13.8 Å². The van der Waals surface area contributed by atoms with Crippen LogP contribution in [0.25, 0.3) is 22.2 Å². The van der Waals surface area contributed by atoms with E-state index in [-0.39, 0.29) is 59.2 Å². The van der Waals surface area contributed by atoms with Crippen LogP contribution in [0, 0.1) is 5.82 Å². The van der Waals surface area contributed by atoms with Gasteiger partial charge in [0.05, 0.1) is 11.6 Å². The number of phenols is 1. The monoisotopic (exact) mass is 614 g/mol. The van der Waals surface area contributed by atoms with Crippen LogP contribution >= 0.6 is 11.6 Å². The maximum Gasteiger partial charge on any atom is 0.319 e. The van der Waals surface area contributed by atoms with E-state index in [4.69, 9.17) is 26.8 Å². The molecule has 43 heavy (non-hydrogen) atoms. The molecule has 1 aromatic carbocycles. The van der Waals surface area contributed by atoms with Crippen molar-refractivity contribution in [1.82, 2.24) is 19.9 Å². The smallest absolute Gasteiger partial charge is 0.319 e. The number of fused-ring (bicyclic) bond motifs is 1. The van der Waals surface area contributed by atoms with Crippen LogP contribution in [0.15, 0.2) is 12.1 Å². The second kappa shape index (κ2) is 10.3. The minimum atomic E-state index is -0.945. The molecule has 1 saturated carbocycles. The number of benzene rings is 1. The first-order valence-corrected chi connectivity index (χ1v) is 15.1. The predicted octanol–water partition coefficient (Wildman–Crippen LogP) is 4.48. The van der Waals surface area contributed by atoms with Gasteiger partial charge in [-0.05, 0) is 69.7 Å². The highest BCUT2D eigenvalue weighted by atomic mass is 35.5. The number of hydrogen-bond donors (Lipinski definition) is 2. The van der Waals surface area contributed by atoms with Crippen LogP contribution in [0.4, 0.5) is 14.6 Å². The highest BCUT2D eigenvalue weighted by molar-refractivity contribution is 6.32. The molecule has 0 bridgehead atoms. The first kappa shape index (κ1) is 28.3. The molecule has 4 aliphatic rings. The maximum atomic E-state index is 16.7. The Morgan fingerprint density at radius 3 is 2.86 bits per heavy atom. The van der Waals surface area contributed by atoms with Crippen LogP contribution < -0.4 is 20.1 Å². The van der Waals surface area contributed by atoms with Crippen molar-refractivity contribution in [3.8, 4) is 28.9 Å². The van der Waals surface area contributed by atoms with Crippen molar-refractivity contribution in [1.29, 1.82) is 0 Å². The van der Waals surface area contributed by atoms with E-state index in [0.29, 0.717) is 29.1 Å². The second-order valence-electron chi connectivity index (χ2n) is 12.3. The molecule has 1 aliphatic carbocycles. The molecule has 13 heteroatoms. The third kappa shape index (κ3) is 4.69. The average Bonchev–Trinajstić information content (AvgIpc) is 3.66. The van der Waals surface area contributed by atoms with Crippen LogP contribution in [0.2, 0.25) is 5.02 Å². The predicted molar refractivity (Wildman–Crippen MR) is 156 cm³/mol. The maximum absolute atomic E-state index is 16.7. The SMILES string of the molecule is C[C@H](C(N)=O)N1c2nc(OC[C@@]34CCCN3C[C@H](F)C4)nc3c(F)c(-c4cc(O)cc(Cl)c4C4CC4)nc(c23)OC[C@@H]1C. The number of nitrogens with zero attached hydrogens (tertiary/aromatic N) is 5. The van der Waals surface area contributed by atoms with E-state index in [0.717, 1.165) is 32.2 Å². The fourth-order valence-electron chi connectivity index (χ4n) is 7.06. The molecule has 3 N–H and O–H groups in total. The van der Waals surface area contributed by atoms with Crippen molar-refractivity contribution >= 4 is 34.2 Å². The van der Waals surface area contributed by atoms with Crippen molar-refractivity contribution in [2.45, 2.75) is 75.7 Å². The minimum absolute atomic E-state index is 0.0709. The highest BCUT2D eigenvalue weighted by Gasteiger charge is 2.49. The molecular formula is C30H33ClF2N6O4. The molecule has 7 rings (SSSR count). The highest BCUT2D eigenvalue weighted by Crippen LogP contribution is 2.50. The van der Waals surface area contributed by atoms with Crippen molar-refractivity contribution in [2.24, 2.45) is 5.73 Å². The molecular weight excluding hydrogens is 582 g/mol. The van der Waals surface area contributed by atoms with Gasteiger partial charge < -0.3 is 25.2 Å². The zero-order valence-electron chi connectivity index (χ0n) is 23.9. The summed E-state index contributed by atoms with van der Waals surface area (Å²) >= 11 is 6.54. The Morgan fingerprint density at radius 1 is 1.33 bits per heavy atom. The number of aromatic nitrogens is 3. The Hall–Kier alpha value is -3.51. The van der Waals surface area contributed by atoms with Crippen molar-refractivity contribution in [3.05, 3.63) is 28.5 Å². The summed E-state index contributed by atoms with van der Waals surface area (Å²) in [7, 11) is 0. The lowest BCUT2D eigenvalue weighted by Crippen LogP contribution is -2.49. The number of halogens is 3. The number of primary amides is 1. The fraction of sp³-hybridized carbons (Fsp3) is 0.533. The largest absolute Gasteiger partial charge is 0.508 e. The summed E-state index contributed by atoms with van der Waals surface area (Å²) < 4.78 is 43.4. The van der Waals surface area contributed by atoms with E-state index in [2.05, 4.69) is 19.9 Å². The van der Waals surface area contributed by atoms with E-state index >= 15 is 4.39 Å². The van der Waals surface area contributed by atoms with Gasteiger partial charge in [0.15, 0.2) is 5.82 Å². The number of phenolic OH excluding ortho intramolecular Hbond substituents is 1. The number of hydrogen-bond acceptors (Lipinski definition) is 9. The second-order valence-corrected chi connectivity index (χ2v) is 12.7. The Morgan fingerprint density at radius 2 is 2.12 bits per heavy atom. The molecule has 0 radical (unpaired) electrons. The first-order chi connectivity index (χ1) is 20.6. The van der Waals surface area contributed by atoms with Gasteiger partial charge in [0, 0.05) is 23.6 Å². The molecule has 2 aromatic heterocycles. The Bertz CT molecular complexity index is 1640. The average molecular weight is 615 g/mol. The molecule has 0 unspecified atom stereocenters. The number of carbonyl (C=O) groups is 1. The summed E-state index contributed by atoms with van der Waals surface area (Å²) in [6.07, 6.45) is 2.88. The van der Waals surface area contributed by atoms with E-state index in [9.17, 15) is 14.3 Å². The lowest BCUT2D eigenvalue weighted by Gasteiger charge is -2.33. The van der Waals surface area contributed by atoms with Gasteiger partial charge in [-0.1, -0.05) is 11.6 Å². The summed E-state index contributed by atoms with van der Waals surface area (Å²) in [5, 5.41) is 10.9. The fourth-order valence-corrected chi connectivity index (χ4v) is 7.43. The van der Waals surface area contributed by atoms with Gasteiger partial charge in [0.1, 0.15) is 53.6 Å². The van der Waals surface area contributed by atoms with Gasteiger partial charge in [-0.3, -0.25) is 9.69 Å². The summed E-state index contributed by atoms with van der Waals surface area (Å²) in [5.41, 5.74) is 6.12. The summed E-state index contributed by atoms with van der Waals surface area (Å²) in [5.74, 6) is -1.09. The topological polar surface area (TPSA) is 127 Å². The third-order valence-electron chi connectivity index (χ3n) is 9.31. The number of rotatable bonds is 7. The van der Waals surface area contributed by atoms with Crippen LogP contribution in [-0.4, -0.2) is 81.0 Å². The molecule has 4 atom stereocenters. The molecule has 10 nitrogen and oxygen atoms in total. The summed E-state index contributed by atoms with van der Waals surface area (Å²) in [6.45, 7) is 4.86. The molecule has 3 fully saturated rings. The van der Waals surface area contributed by atoms with Gasteiger partial charge in [0.2, 0.25) is 11.8 Å². The van der Waals surface area contributed by atoms with E-state index in [1.54, 1.807) is 11.8 Å². The Balaban J connectivity index is 1.42. The van der Waals surface area contributed by atoms with E-state index in [1.807, 2.05) is 6.92 Å². The van der Waals surface area contributed by atoms with Gasteiger partial charge in [-0.2, -0.15) is 9.97 Å². The number of nitrogens with two attached hydrogens (primary N) is 1. The molecule has 3 aromatic rings. The minimum Gasteiger partial charge on any atom is -0.508 e. The third-order valence-corrected chi connectivity index (χ3v) is 9.62. The summed E-state index contributed by atoms with van der Waals surface area (Å²) in [6, 6.07) is 1.55. The normalized spacial score (nSPS) is 25.8. The van der Waals surface area contributed by atoms with Gasteiger partial charge >= 0.3 is 6.01 Å². The Labute approximate surface area is 252 Å². The molecule has 3 aliphatic heterocycles. The zero-order chi connectivity index (χ0) is 30.2. The molecule has 0 spiro atoms. The van der Waals surface area contributed by atoms with Crippen LogP contribution in [0.5, 0.6) is 17.6 Å². The van der Waals surface area contributed by atoms with Crippen molar-refractivity contribution in [3.63, 3.8) is 0 Å². The quantitative estimate of drug-likeness (QED) is 0.396. The molecule has 1 amide bonds. The Kier molecular flexibility index (Phi) is 6.77. The van der Waals surface area contributed by atoms with E-state index < -0.39 is 35.5 Å². The molecule has 228 valence electrons. The van der Waals surface area contributed by atoms with Crippen molar-refractivity contribution < 1.29 is 28.2 Å². The zero-order valence-corrected chi connectivity index (χ0v) is 24.7. The van der Waals surface area contributed by atoms with Gasteiger partial charge in [-0.15, -0.1) is 0 Å². The number of carbonyl (C=O) groups excluding carboxylic acids is 1. The molecule has 2 saturated heterocycles. The van der Waals surface area contributed by atoms with Crippen LogP contribution in [0.1, 0.15) is 57.4 Å². The standard InChI is InChI=1S/C30H33ClF2N6O4/c1-14-12-42-28-22-25(23(33)24(35-28)19-8-18(40)9-20(31)21(19)16-4-5-16)36-29(37-27(22)39(14)15(2)26(34)41)43-13-30-6-3-7-38(30)11-17(32)10-30/h8-9,14-17,40H,3-7,10-13H2,1-2H3,(H2,34,41)/t14-,15+,17+,30-/m0/s1. The number of ether oxygens (including phenoxy) is 2. The molecule has 5 heterocycles. The van der Waals surface area contributed by atoms with Crippen molar-refractivity contribution in [2.75, 3.05) is 31.2 Å². The van der Waals surface area contributed by atoms with Crippen LogP contribution in [0.3, 0.4) is 0 Å². The van der Waals surface area contributed by atoms with Crippen LogP contribution in [-0.2, 0) is 4.79 Å². The lowest BCUT2D eigenvalue weighted by atomic mass is 9.95.